The highest BCUT2D eigenvalue weighted by atomic mass is 32.2. The number of hydrogen-bond acceptors (Lipinski definition) is 1. The van der Waals surface area contributed by atoms with Crippen LogP contribution in [0.3, 0.4) is 0 Å². The van der Waals surface area contributed by atoms with E-state index in [2.05, 4.69) is 76.3 Å². The minimum absolute atomic E-state index is 0.331. The molecule has 1 aliphatic carbocycles. The van der Waals surface area contributed by atoms with Crippen molar-refractivity contribution in [2.24, 2.45) is 5.41 Å². The van der Waals surface area contributed by atoms with E-state index < -0.39 is 0 Å². The zero-order valence-electron chi connectivity index (χ0n) is 14.4. The third-order valence-corrected chi connectivity index (χ3v) is 5.39. The third kappa shape index (κ3) is 4.91. The summed E-state index contributed by atoms with van der Waals surface area (Å²) in [6.07, 6.45) is 10.9. The van der Waals surface area contributed by atoms with Crippen LogP contribution >= 0.6 is 11.8 Å². The first-order valence-electron chi connectivity index (χ1n) is 8.22. The molecular formula is C21H28S. The van der Waals surface area contributed by atoms with Crippen molar-refractivity contribution in [2.45, 2.75) is 51.9 Å². The van der Waals surface area contributed by atoms with Gasteiger partial charge in [-0.15, -0.1) is 11.8 Å². The monoisotopic (exact) mass is 312 g/mol. The fraction of sp³-hybridized carbons (Fsp3) is 0.429. The molecule has 0 atom stereocenters. The Morgan fingerprint density at radius 2 is 1.95 bits per heavy atom. The third-order valence-electron chi connectivity index (χ3n) is 4.45. The molecule has 1 aromatic rings. The SMILES string of the molecule is CC(C=CC1=C(C)CCCC1(C)C)=CCSc1ccccc1. The maximum Gasteiger partial charge on any atom is 0.0166 e. The predicted molar refractivity (Wildman–Crippen MR) is 100 cm³/mol. The summed E-state index contributed by atoms with van der Waals surface area (Å²) in [5.41, 5.74) is 4.80. The number of rotatable bonds is 5. The van der Waals surface area contributed by atoms with Crippen LogP contribution in [0.15, 0.2) is 70.2 Å². The quantitative estimate of drug-likeness (QED) is 0.425. The lowest BCUT2D eigenvalue weighted by Crippen LogP contribution is -2.19. The van der Waals surface area contributed by atoms with Crippen LogP contribution in [0.2, 0.25) is 0 Å². The minimum atomic E-state index is 0.331. The number of hydrogen-bond donors (Lipinski definition) is 0. The van der Waals surface area contributed by atoms with Gasteiger partial charge in [-0.05, 0) is 56.2 Å². The van der Waals surface area contributed by atoms with E-state index in [0.717, 1.165) is 5.75 Å². The highest BCUT2D eigenvalue weighted by molar-refractivity contribution is 7.99. The Kier molecular flexibility index (Phi) is 6.14. The molecule has 0 aliphatic heterocycles. The zero-order valence-corrected chi connectivity index (χ0v) is 15.2. The molecule has 0 radical (unpaired) electrons. The molecular weight excluding hydrogens is 284 g/mol. The molecule has 0 bridgehead atoms. The first kappa shape index (κ1) is 17.1. The van der Waals surface area contributed by atoms with Crippen molar-refractivity contribution in [3.8, 4) is 0 Å². The Labute approximate surface area is 140 Å². The lowest BCUT2D eigenvalue weighted by atomic mass is 9.72. The van der Waals surface area contributed by atoms with Crippen LogP contribution in [-0.2, 0) is 0 Å². The topological polar surface area (TPSA) is 0 Å². The fourth-order valence-corrected chi connectivity index (χ4v) is 3.97. The van der Waals surface area contributed by atoms with Gasteiger partial charge in [0, 0.05) is 10.6 Å². The standard InChI is InChI=1S/C21H28S/c1-17(14-16-22-19-10-6-5-7-11-19)12-13-20-18(2)9-8-15-21(20,3)4/h5-7,10-14H,8-9,15-16H2,1-4H3. The van der Waals surface area contributed by atoms with Crippen molar-refractivity contribution in [1.82, 2.24) is 0 Å². The summed E-state index contributed by atoms with van der Waals surface area (Å²) in [5.74, 6) is 1.03. The number of benzene rings is 1. The molecule has 0 nitrogen and oxygen atoms in total. The summed E-state index contributed by atoms with van der Waals surface area (Å²) in [6.45, 7) is 9.25. The summed E-state index contributed by atoms with van der Waals surface area (Å²) >= 11 is 1.89. The first-order chi connectivity index (χ1) is 10.5. The van der Waals surface area contributed by atoms with Crippen LogP contribution < -0.4 is 0 Å². The van der Waals surface area contributed by atoms with Crippen molar-refractivity contribution in [3.63, 3.8) is 0 Å². The minimum Gasteiger partial charge on any atom is -0.122 e. The maximum atomic E-state index is 2.37. The Morgan fingerprint density at radius 3 is 2.64 bits per heavy atom. The maximum absolute atomic E-state index is 2.37. The van der Waals surface area contributed by atoms with Gasteiger partial charge in [-0.3, -0.25) is 0 Å². The molecule has 1 aliphatic rings. The molecule has 22 heavy (non-hydrogen) atoms. The van der Waals surface area contributed by atoms with E-state index in [4.69, 9.17) is 0 Å². The van der Waals surface area contributed by atoms with E-state index in [1.54, 1.807) is 11.1 Å². The van der Waals surface area contributed by atoms with Gasteiger partial charge in [0.05, 0.1) is 0 Å². The van der Waals surface area contributed by atoms with E-state index in [-0.39, 0.29) is 0 Å². The summed E-state index contributed by atoms with van der Waals surface area (Å²) in [6, 6.07) is 10.6. The Hall–Kier alpha value is -1.21. The van der Waals surface area contributed by atoms with Crippen LogP contribution in [0.1, 0.15) is 47.0 Å². The molecule has 0 N–H and O–H groups in total. The molecule has 0 unspecified atom stereocenters. The van der Waals surface area contributed by atoms with E-state index >= 15 is 0 Å². The molecule has 0 saturated carbocycles. The molecule has 0 spiro atoms. The Morgan fingerprint density at radius 1 is 1.23 bits per heavy atom. The van der Waals surface area contributed by atoms with Crippen LogP contribution in [0.5, 0.6) is 0 Å². The average Bonchev–Trinajstić information content (AvgIpc) is 2.47. The van der Waals surface area contributed by atoms with Crippen molar-refractivity contribution >= 4 is 11.8 Å². The lowest BCUT2D eigenvalue weighted by Gasteiger charge is -2.32. The molecule has 118 valence electrons. The van der Waals surface area contributed by atoms with Gasteiger partial charge in [0.25, 0.3) is 0 Å². The molecule has 0 fully saturated rings. The van der Waals surface area contributed by atoms with E-state index in [1.165, 1.54) is 29.7 Å². The van der Waals surface area contributed by atoms with Gasteiger partial charge in [-0.25, -0.2) is 0 Å². The summed E-state index contributed by atoms with van der Waals surface area (Å²) in [4.78, 5) is 1.34. The van der Waals surface area contributed by atoms with Crippen LogP contribution in [0.4, 0.5) is 0 Å². The Balaban J connectivity index is 1.95. The van der Waals surface area contributed by atoms with Crippen molar-refractivity contribution in [2.75, 3.05) is 5.75 Å². The first-order valence-corrected chi connectivity index (χ1v) is 9.20. The average molecular weight is 313 g/mol. The lowest BCUT2D eigenvalue weighted by molar-refractivity contribution is 0.377. The highest BCUT2D eigenvalue weighted by Crippen LogP contribution is 2.40. The zero-order chi connectivity index (χ0) is 16.0. The van der Waals surface area contributed by atoms with E-state index in [9.17, 15) is 0 Å². The van der Waals surface area contributed by atoms with E-state index in [0.29, 0.717) is 5.41 Å². The number of allylic oxidation sites excluding steroid dienone is 5. The second-order valence-electron chi connectivity index (χ2n) is 6.84. The molecule has 0 amide bonds. The molecule has 0 saturated heterocycles. The smallest absolute Gasteiger partial charge is 0.0166 e. The van der Waals surface area contributed by atoms with Gasteiger partial charge in [-0.1, -0.05) is 61.4 Å². The van der Waals surface area contributed by atoms with Crippen LogP contribution in [0, 0.1) is 5.41 Å². The molecule has 2 rings (SSSR count). The summed E-state index contributed by atoms with van der Waals surface area (Å²) in [5, 5.41) is 0. The van der Waals surface area contributed by atoms with Gasteiger partial charge in [0.15, 0.2) is 0 Å². The van der Waals surface area contributed by atoms with Gasteiger partial charge in [0.1, 0.15) is 0 Å². The molecule has 1 heteroatoms. The highest BCUT2D eigenvalue weighted by Gasteiger charge is 2.26. The molecule has 0 heterocycles. The van der Waals surface area contributed by atoms with Crippen LogP contribution in [0.25, 0.3) is 0 Å². The molecule has 1 aromatic carbocycles. The Bertz CT molecular complexity index is 573. The second kappa shape index (κ2) is 7.87. The predicted octanol–water partition coefficient (Wildman–Crippen LogP) is 6.81. The van der Waals surface area contributed by atoms with Crippen molar-refractivity contribution < 1.29 is 0 Å². The number of thioether (sulfide) groups is 1. The van der Waals surface area contributed by atoms with Crippen LogP contribution in [-0.4, -0.2) is 5.75 Å². The largest absolute Gasteiger partial charge is 0.122 e. The van der Waals surface area contributed by atoms with Gasteiger partial charge < -0.3 is 0 Å². The second-order valence-corrected chi connectivity index (χ2v) is 7.93. The fourth-order valence-electron chi connectivity index (χ4n) is 3.08. The van der Waals surface area contributed by atoms with Crippen molar-refractivity contribution in [1.29, 1.82) is 0 Å². The summed E-state index contributed by atoms with van der Waals surface area (Å²) < 4.78 is 0. The van der Waals surface area contributed by atoms with Gasteiger partial charge in [0.2, 0.25) is 0 Å². The molecule has 0 aromatic heterocycles. The van der Waals surface area contributed by atoms with E-state index in [1.807, 2.05) is 11.8 Å². The normalized spacial score (nSPS) is 19.0. The van der Waals surface area contributed by atoms with Crippen molar-refractivity contribution in [3.05, 3.63) is 65.3 Å². The van der Waals surface area contributed by atoms with Gasteiger partial charge >= 0.3 is 0 Å². The van der Waals surface area contributed by atoms with Gasteiger partial charge in [-0.2, -0.15) is 0 Å². The summed E-state index contributed by atoms with van der Waals surface area (Å²) in [7, 11) is 0.